The summed E-state index contributed by atoms with van der Waals surface area (Å²) in [6, 6.07) is -0.675. The SMILES string of the molecule is CCCC[C@H](CC(=O)NO)C(=O)N[C@H](C(=O)N(C)C)C(C)(C)C. The number of hydrogen-bond donors (Lipinski definition) is 3. The largest absolute Gasteiger partial charge is 0.347 e. The molecule has 0 aromatic carbocycles. The molecule has 0 saturated heterocycles. The van der Waals surface area contributed by atoms with E-state index in [1.54, 1.807) is 19.6 Å². The van der Waals surface area contributed by atoms with Gasteiger partial charge < -0.3 is 10.2 Å². The van der Waals surface area contributed by atoms with Crippen LogP contribution in [0.25, 0.3) is 0 Å². The Kier molecular flexibility index (Phi) is 8.82. The summed E-state index contributed by atoms with van der Waals surface area (Å²) in [7, 11) is 3.28. The van der Waals surface area contributed by atoms with Gasteiger partial charge in [-0.1, -0.05) is 40.5 Å². The van der Waals surface area contributed by atoms with Gasteiger partial charge in [-0.15, -0.1) is 0 Å². The van der Waals surface area contributed by atoms with Crippen molar-refractivity contribution in [3.63, 3.8) is 0 Å². The van der Waals surface area contributed by atoms with Gasteiger partial charge in [0.25, 0.3) is 0 Å². The highest BCUT2D eigenvalue weighted by molar-refractivity contribution is 5.90. The fraction of sp³-hybridized carbons (Fsp3) is 0.812. The Hall–Kier alpha value is -1.63. The molecule has 23 heavy (non-hydrogen) atoms. The normalized spacial score (nSPS) is 13.9. The van der Waals surface area contributed by atoms with E-state index in [0.29, 0.717) is 6.42 Å². The Bertz CT molecular complexity index is 416. The van der Waals surface area contributed by atoms with Crippen molar-refractivity contribution < 1.29 is 19.6 Å². The zero-order chi connectivity index (χ0) is 18.2. The molecule has 134 valence electrons. The van der Waals surface area contributed by atoms with E-state index >= 15 is 0 Å². The molecule has 3 amide bonds. The van der Waals surface area contributed by atoms with Gasteiger partial charge in [-0.25, -0.2) is 5.48 Å². The van der Waals surface area contributed by atoms with Crippen molar-refractivity contribution in [1.82, 2.24) is 15.7 Å². The minimum Gasteiger partial charge on any atom is -0.347 e. The number of unbranched alkanes of at least 4 members (excludes halogenated alkanes) is 1. The smallest absolute Gasteiger partial charge is 0.245 e. The molecular weight excluding hydrogens is 298 g/mol. The quantitative estimate of drug-likeness (QED) is 0.462. The Labute approximate surface area is 138 Å². The molecule has 0 fully saturated rings. The Morgan fingerprint density at radius 1 is 1.17 bits per heavy atom. The third-order valence-electron chi connectivity index (χ3n) is 3.67. The van der Waals surface area contributed by atoms with E-state index in [-0.39, 0.29) is 18.2 Å². The molecule has 0 rings (SSSR count). The van der Waals surface area contributed by atoms with E-state index in [4.69, 9.17) is 5.21 Å². The molecule has 0 unspecified atom stereocenters. The van der Waals surface area contributed by atoms with Gasteiger partial charge in [-0.2, -0.15) is 0 Å². The van der Waals surface area contributed by atoms with E-state index in [1.165, 1.54) is 4.90 Å². The first kappa shape index (κ1) is 21.4. The summed E-state index contributed by atoms with van der Waals surface area (Å²) < 4.78 is 0. The molecule has 7 nitrogen and oxygen atoms in total. The number of likely N-dealkylation sites (N-methyl/N-ethyl adjacent to an activating group) is 1. The first-order valence-electron chi connectivity index (χ1n) is 7.99. The maximum absolute atomic E-state index is 12.5. The van der Waals surface area contributed by atoms with Crippen molar-refractivity contribution in [3.8, 4) is 0 Å². The van der Waals surface area contributed by atoms with Gasteiger partial charge in [0.05, 0.1) is 0 Å². The highest BCUT2D eigenvalue weighted by atomic mass is 16.5. The molecule has 0 saturated carbocycles. The number of carbonyl (C=O) groups is 3. The molecule has 0 aliphatic heterocycles. The number of rotatable bonds is 8. The van der Waals surface area contributed by atoms with Crippen molar-refractivity contribution >= 4 is 17.7 Å². The second-order valence-electron chi connectivity index (χ2n) is 7.12. The minimum absolute atomic E-state index is 0.102. The lowest BCUT2D eigenvalue weighted by atomic mass is 9.85. The zero-order valence-corrected chi connectivity index (χ0v) is 15.1. The molecule has 0 heterocycles. The van der Waals surface area contributed by atoms with Gasteiger partial charge in [0, 0.05) is 26.4 Å². The summed E-state index contributed by atoms with van der Waals surface area (Å²) in [5.74, 6) is -1.70. The van der Waals surface area contributed by atoms with Crippen LogP contribution in [0.15, 0.2) is 0 Å². The summed E-state index contributed by atoms with van der Waals surface area (Å²) in [4.78, 5) is 37.7. The van der Waals surface area contributed by atoms with Crippen LogP contribution in [0.4, 0.5) is 0 Å². The van der Waals surface area contributed by atoms with E-state index in [1.807, 2.05) is 27.7 Å². The van der Waals surface area contributed by atoms with E-state index < -0.39 is 23.3 Å². The van der Waals surface area contributed by atoms with Crippen LogP contribution in [-0.4, -0.2) is 48.0 Å². The zero-order valence-electron chi connectivity index (χ0n) is 15.1. The van der Waals surface area contributed by atoms with Crippen molar-refractivity contribution in [3.05, 3.63) is 0 Å². The van der Waals surface area contributed by atoms with E-state index in [2.05, 4.69) is 5.32 Å². The molecular formula is C16H31N3O4. The fourth-order valence-electron chi connectivity index (χ4n) is 2.21. The molecule has 0 aliphatic rings. The maximum atomic E-state index is 12.5. The molecule has 0 spiro atoms. The fourth-order valence-corrected chi connectivity index (χ4v) is 2.21. The molecule has 0 aliphatic carbocycles. The summed E-state index contributed by atoms with van der Waals surface area (Å²) in [5, 5.41) is 11.5. The molecule has 7 heteroatoms. The Balaban J connectivity index is 5.15. The van der Waals surface area contributed by atoms with Crippen LogP contribution in [0.5, 0.6) is 0 Å². The molecule has 0 radical (unpaired) electrons. The van der Waals surface area contributed by atoms with Gasteiger partial charge in [-0.3, -0.25) is 19.6 Å². The third-order valence-corrected chi connectivity index (χ3v) is 3.67. The maximum Gasteiger partial charge on any atom is 0.245 e. The summed E-state index contributed by atoms with van der Waals surface area (Å²) in [6.07, 6.45) is 2.11. The van der Waals surface area contributed by atoms with Crippen LogP contribution in [0.3, 0.4) is 0 Å². The molecule has 2 atom stereocenters. The highest BCUT2D eigenvalue weighted by Gasteiger charge is 2.35. The van der Waals surface area contributed by atoms with Crippen molar-refractivity contribution in [2.75, 3.05) is 14.1 Å². The lowest BCUT2D eigenvalue weighted by Crippen LogP contribution is -2.54. The molecule has 3 N–H and O–H groups in total. The first-order chi connectivity index (χ1) is 10.5. The van der Waals surface area contributed by atoms with Crippen LogP contribution in [0.2, 0.25) is 0 Å². The number of carbonyl (C=O) groups excluding carboxylic acids is 3. The summed E-state index contributed by atoms with van der Waals surface area (Å²) >= 11 is 0. The number of nitrogens with zero attached hydrogens (tertiary/aromatic N) is 1. The lowest BCUT2D eigenvalue weighted by Gasteiger charge is -2.33. The Morgan fingerprint density at radius 3 is 2.13 bits per heavy atom. The predicted octanol–water partition coefficient (Wildman–Crippen LogP) is 1.31. The van der Waals surface area contributed by atoms with Crippen molar-refractivity contribution in [1.29, 1.82) is 0 Å². The minimum atomic E-state index is -0.675. The average molecular weight is 329 g/mol. The summed E-state index contributed by atoms with van der Waals surface area (Å²) in [6.45, 7) is 7.62. The first-order valence-corrected chi connectivity index (χ1v) is 7.99. The van der Waals surface area contributed by atoms with Crippen molar-refractivity contribution in [2.24, 2.45) is 11.3 Å². The number of hydroxylamine groups is 1. The van der Waals surface area contributed by atoms with Gasteiger partial charge in [0.1, 0.15) is 6.04 Å². The van der Waals surface area contributed by atoms with Gasteiger partial charge in [-0.05, 0) is 11.8 Å². The van der Waals surface area contributed by atoms with Crippen LogP contribution in [0.1, 0.15) is 53.4 Å². The summed E-state index contributed by atoms with van der Waals surface area (Å²) in [5.41, 5.74) is 1.10. The van der Waals surface area contributed by atoms with Gasteiger partial charge in [0.15, 0.2) is 0 Å². The topological polar surface area (TPSA) is 98.7 Å². The van der Waals surface area contributed by atoms with Crippen LogP contribution in [0, 0.1) is 11.3 Å². The number of nitrogens with one attached hydrogen (secondary N) is 2. The third kappa shape index (κ3) is 7.45. The monoisotopic (exact) mass is 329 g/mol. The van der Waals surface area contributed by atoms with Gasteiger partial charge >= 0.3 is 0 Å². The molecule has 0 aromatic rings. The molecule has 0 aromatic heterocycles. The lowest BCUT2D eigenvalue weighted by molar-refractivity contribution is -0.140. The highest BCUT2D eigenvalue weighted by Crippen LogP contribution is 2.22. The van der Waals surface area contributed by atoms with E-state index in [0.717, 1.165) is 12.8 Å². The number of hydrogen-bond acceptors (Lipinski definition) is 4. The molecule has 0 bridgehead atoms. The van der Waals surface area contributed by atoms with E-state index in [9.17, 15) is 14.4 Å². The predicted molar refractivity (Wildman–Crippen MR) is 87.6 cm³/mol. The van der Waals surface area contributed by atoms with Crippen molar-refractivity contribution in [2.45, 2.75) is 59.4 Å². The Morgan fingerprint density at radius 2 is 1.74 bits per heavy atom. The standard InChI is InChI=1S/C16H31N3O4/c1-7-8-9-11(10-12(20)18-23)14(21)17-13(16(2,3)4)15(22)19(5)6/h11,13,23H,7-10H2,1-6H3,(H,17,21)(H,18,20)/t11-,13-/m1/s1. The van der Waals surface area contributed by atoms with Crippen LogP contribution in [-0.2, 0) is 14.4 Å². The van der Waals surface area contributed by atoms with Crippen LogP contribution < -0.4 is 10.8 Å². The van der Waals surface area contributed by atoms with Crippen LogP contribution >= 0.6 is 0 Å². The second-order valence-corrected chi connectivity index (χ2v) is 7.12. The average Bonchev–Trinajstić information content (AvgIpc) is 2.46. The number of amides is 3. The second kappa shape index (κ2) is 9.50. The van der Waals surface area contributed by atoms with Gasteiger partial charge in [0.2, 0.25) is 17.7 Å².